The van der Waals surface area contributed by atoms with Gasteiger partial charge in [0.05, 0.1) is 11.5 Å². The van der Waals surface area contributed by atoms with E-state index in [-0.39, 0.29) is 24.2 Å². The quantitative estimate of drug-likeness (QED) is 0.758. The van der Waals surface area contributed by atoms with Crippen LogP contribution in [0.1, 0.15) is 55.8 Å². The first-order chi connectivity index (χ1) is 12.7. The number of halogens is 4. The highest BCUT2D eigenvalue weighted by Gasteiger charge is 2.41. The second-order valence-corrected chi connectivity index (χ2v) is 8.01. The van der Waals surface area contributed by atoms with Crippen molar-refractivity contribution in [1.29, 1.82) is 0 Å². The van der Waals surface area contributed by atoms with Gasteiger partial charge in [0.1, 0.15) is 17.5 Å². The fraction of sp³-hybridized carbons (Fsp3) is 0.600. The van der Waals surface area contributed by atoms with Crippen LogP contribution in [0.15, 0.2) is 12.1 Å². The number of nitrogens with two attached hydrogens (primary N) is 1. The van der Waals surface area contributed by atoms with Crippen LogP contribution in [0.3, 0.4) is 0 Å². The van der Waals surface area contributed by atoms with E-state index in [1.165, 1.54) is 0 Å². The van der Waals surface area contributed by atoms with Crippen molar-refractivity contribution in [2.24, 2.45) is 17.6 Å². The largest absolute Gasteiger partial charge is 0.342 e. The van der Waals surface area contributed by atoms with Crippen LogP contribution in [0, 0.1) is 29.3 Å². The van der Waals surface area contributed by atoms with Gasteiger partial charge in [0.15, 0.2) is 5.78 Å². The summed E-state index contributed by atoms with van der Waals surface area (Å²) in [6.45, 7) is 2.61. The van der Waals surface area contributed by atoms with E-state index < -0.39 is 40.3 Å². The zero-order valence-electron chi connectivity index (χ0n) is 15.8. The summed E-state index contributed by atoms with van der Waals surface area (Å²) in [6.07, 6.45) is 4.21. The maximum Gasteiger partial charge on any atom is 0.227 e. The summed E-state index contributed by atoms with van der Waals surface area (Å²) in [5.41, 5.74) is 5.09. The van der Waals surface area contributed by atoms with E-state index in [2.05, 4.69) is 0 Å². The highest BCUT2D eigenvalue weighted by Crippen LogP contribution is 2.34. The Bertz CT molecular complexity index is 726. The predicted octanol–water partition coefficient (Wildman–Crippen LogP) is 3.85. The molecule has 1 heterocycles. The lowest BCUT2D eigenvalue weighted by Crippen LogP contribution is -2.55. The molecule has 2 unspecified atom stereocenters. The first kappa shape index (κ1) is 22.7. The molecule has 0 bridgehead atoms. The summed E-state index contributed by atoms with van der Waals surface area (Å²) in [5.74, 6) is -4.90. The minimum atomic E-state index is -1.18. The summed E-state index contributed by atoms with van der Waals surface area (Å²) >= 11 is 0. The molecule has 2 fully saturated rings. The van der Waals surface area contributed by atoms with Crippen molar-refractivity contribution in [3.8, 4) is 0 Å². The predicted molar refractivity (Wildman–Crippen MR) is 102 cm³/mol. The van der Waals surface area contributed by atoms with Gasteiger partial charge in [-0.2, -0.15) is 0 Å². The summed E-state index contributed by atoms with van der Waals surface area (Å²) in [4.78, 5) is 27.1. The molecule has 0 aromatic heterocycles. The molecule has 0 spiro atoms. The Morgan fingerprint density at radius 2 is 1.64 bits per heavy atom. The molecule has 1 aromatic rings. The molecule has 4 nitrogen and oxygen atoms in total. The highest BCUT2D eigenvalue weighted by atomic mass is 35.5. The molecule has 1 aliphatic heterocycles. The molecule has 2 N–H and O–H groups in total. The smallest absolute Gasteiger partial charge is 0.227 e. The molecule has 1 aromatic carbocycles. The van der Waals surface area contributed by atoms with Crippen molar-refractivity contribution in [1.82, 2.24) is 4.90 Å². The van der Waals surface area contributed by atoms with Gasteiger partial charge in [-0.15, -0.1) is 12.4 Å². The molecule has 8 heteroatoms. The summed E-state index contributed by atoms with van der Waals surface area (Å²) in [5, 5.41) is 0. The normalized spacial score (nSPS) is 25.9. The zero-order chi connectivity index (χ0) is 19.8. The number of Topliss-reactive ketones (excluding diaryl/α,β-unsaturated/α-hetero) is 1. The average Bonchev–Trinajstić information content (AvgIpc) is 2.60. The van der Waals surface area contributed by atoms with Crippen LogP contribution in [-0.4, -0.2) is 35.2 Å². The maximum absolute atomic E-state index is 13.9. The van der Waals surface area contributed by atoms with Crippen LogP contribution < -0.4 is 5.73 Å². The van der Waals surface area contributed by atoms with Crippen molar-refractivity contribution in [3.05, 3.63) is 35.1 Å². The van der Waals surface area contributed by atoms with Crippen molar-refractivity contribution < 1.29 is 22.8 Å². The third-order valence-corrected chi connectivity index (χ3v) is 5.98. The topological polar surface area (TPSA) is 63.4 Å². The number of carbonyl (C=O) groups excluding carboxylic acids is 2. The van der Waals surface area contributed by atoms with Crippen LogP contribution in [0.4, 0.5) is 13.2 Å². The van der Waals surface area contributed by atoms with E-state index in [1.54, 1.807) is 4.90 Å². The van der Waals surface area contributed by atoms with Gasteiger partial charge in [0.25, 0.3) is 0 Å². The number of piperidine rings is 1. The van der Waals surface area contributed by atoms with Crippen LogP contribution in [0.25, 0.3) is 0 Å². The number of ketones is 1. The highest BCUT2D eigenvalue weighted by molar-refractivity contribution is 5.98. The van der Waals surface area contributed by atoms with E-state index in [1.807, 2.05) is 6.92 Å². The van der Waals surface area contributed by atoms with Crippen LogP contribution in [-0.2, 0) is 4.79 Å². The van der Waals surface area contributed by atoms with E-state index in [9.17, 15) is 22.8 Å². The first-order valence-corrected chi connectivity index (χ1v) is 9.47. The third kappa shape index (κ3) is 4.51. The van der Waals surface area contributed by atoms with Crippen molar-refractivity contribution in [2.75, 3.05) is 13.1 Å². The molecule has 28 heavy (non-hydrogen) atoms. The molecular weight excluding hydrogens is 393 g/mol. The SMILES string of the molecule is CC1(N)CCCCC1C(=O)N1CCC(C(=O)c2c(F)cc(F)cc2F)CC1.Cl. The van der Waals surface area contributed by atoms with Crippen molar-refractivity contribution in [3.63, 3.8) is 0 Å². The Balaban J connectivity index is 0.00000280. The molecule has 1 amide bonds. The van der Waals surface area contributed by atoms with Crippen molar-refractivity contribution >= 4 is 24.1 Å². The standard InChI is InChI=1S/C20H25F3N2O2.ClH/c1-20(24)7-3-2-4-14(20)19(27)25-8-5-12(6-9-25)18(26)17-15(22)10-13(21)11-16(17)23;/h10-12,14H,2-9,24H2,1H3;1H. The molecule has 0 radical (unpaired) electrons. The Hall–Kier alpha value is -1.60. The van der Waals surface area contributed by atoms with Gasteiger partial charge in [0, 0.05) is 36.7 Å². The number of rotatable bonds is 3. The molecule has 1 saturated carbocycles. The zero-order valence-corrected chi connectivity index (χ0v) is 16.7. The van der Waals surface area contributed by atoms with Crippen molar-refractivity contribution in [2.45, 2.75) is 51.0 Å². The van der Waals surface area contributed by atoms with Gasteiger partial charge < -0.3 is 10.6 Å². The third-order valence-electron chi connectivity index (χ3n) is 5.98. The Labute approximate surface area is 169 Å². The number of benzene rings is 1. The maximum atomic E-state index is 13.9. The summed E-state index contributed by atoms with van der Waals surface area (Å²) in [7, 11) is 0. The molecule has 1 aliphatic carbocycles. The van der Waals surface area contributed by atoms with E-state index in [0.717, 1.165) is 25.7 Å². The van der Waals surface area contributed by atoms with E-state index >= 15 is 0 Å². The molecule has 1 saturated heterocycles. The minimum Gasteiger partial charge on any atom is -0.342 e. The molecule has 2 atom stereocenters. The second-order valence-electron chi connectivity index (χ2n) is 8.01. The lowest BCUT2D eigenvalue weighted by molar-refractivity contribution is -0.140. The van der Waals surface area contributed by atoms with E-state index in [4.69, 9.17) is 5.73 Å². The molecule has 3 rings (SSSR count). The van der Waals surface area contributed by atoms with Gasteiger partial charge in [0.2, 0.25) is 5.91 Å². The first-order valence-electron chi connectivity index (χ1n) is 9.47. The Morgan fingerprint density at radius 1 is 1.07 bits per heavy atom. The Kier molecular flexibility index (Phi) is 7.15. The molecular formula is C20H26ClF3N2O2. The fourth-order valence-electron chi connectivity index (χ4n) is 4.33. The van der Waals surface area contributed by atoms with Gasteiger partial charge in [-0.1, -0.05) is 12.8 Å². The summed E-state index contributed by atoms with van der Waals surface area (Å²) in [6, 6.07) is 1.03. The number of likely N-dealkylation sites (tertiary alicyclic amines) is 1. The van der Waals surface area contributed by atoms with Gasteiger partial charge in [-0.3, -0.25) is 9.59 Å². The number of nitrogens with zero attached hydrogens (tertiary/aromatic N) is 1. The number of amides is 1. The minimum absolute atomic E-state index is 0. The molecule has 2 aliphatic rings. The average molecular weight is 419 g/mol. The van der Waals surface area contributed by atoms with Crippen LogP contribution in [0.5, 0.6) is 0 Å². The summed E-state index contributed by atoms with van der Waals surface area (Å²) < 4.78 is 40.8. The lowest BCUT2D eigenvalue weighted by atomic mass is 9.73. The number of hydrogen-bond acceptors (Lipinski definition) is 3. The second kappa shape index (κ2) is 8.82. The lowest BCUT2D eigenvalue weighted by Gasteiger charge is -2.41. The van der Waals surface area contributed by atoms with Gasteiger partial charge in [-0.05, 0) is 32.6 Å². The number of hydrogen-bond donors (Lipinski definition) is 1. The molecule has 156 valence electrons. The fourth-order valence-corrected chi connectivity index (χ4v) is 4.33. The number of carbonyl (C=O) groups is 2. The van der Waals surface area contributed by atoms with E-state index in [0.29, 0.717) is 38.1 Å². The van der Waals surface area contributed by atoms with Gasteiger partial charge >= 0.3 is 0 Å². The van der Waals surface area contributed by atoms with Crippen LogP contribution in [0.2, 0.25) is 0 Å². The van der Waals surface area contributed by atoms with Gasteiger partial charge in [-0.25, -0.2) is 13.2 Å². The monoisotopic (exact) mass is 418 g/mol. The Morgan fingerprint density at radius 3 is 2.18 bits per heavy atom. The van der Waals surface area contributed by atoms with Crippen LogP contribution >= 0.6 is 12.4 Å².